The first-order valence-electron chi connectivity index (χ1n) is 9.08. The quantitative estimate of drug-likeness (QED) is 0.605. The fourth-order valence-electron chi connectivity index (χ4n) is 3.83. The zero-order chi connectivity index (χ0) is 19.5. The molecule has 28 heavy (non-hydrogen) atoms. The summed E-state index contributed by atoms with van der Waals surface area (Å²) in [6, 6.07) is 14.0. The molecule has 7 heteroatoms. The van der Waals surface area contributed by atoms with Crippen LogP contribution < -0.4 is 0 Å². The number of benzene rings is 2. The summed E-state index contributed by atoms with van der Waals surface area (Å²) in [5.41, 5.74) is 1.18. The van der Waals surface area contributed by atoms with E-state index < -0.39 is 23.2 Å². The first-order chi connectivity index (χ1) is 13.5. The fraction of sp³-hybridized carbons (Fsp3) is 0.238. The Kier molecular flexibility index (Phi) is 3.43. The molecule has 1 aliphatic carbocycles. The molecule has 0 spiro atoms. The summed E-state index contributed by atoms with van der Waals surface area (Å²) in [5, 5.41) is 0.471. The molecule has 2 aliphatic heterocycles. The third-order valence-corrected chi connectivity index (χ3v) is 5.61. The SMILES string of the molecule is O=C1c2ccccc2C(=O)N1OC(=O)C1(C(=O)N2Cc3ccccc3C2)CC1. The van der Waals surface area contributed by atoms with Crippen molar-refractivity contribution in [2.45, 2.75) is 25.9 Å². The first-order valence-corrected chi connectivity index (χ1v) is 9.08. The van der Waals surface area contributed by atoms with Crippen molar-refractivity contribution in [2.75, 3.05) is 0 Å². The second kappa shape index (κ2) is 5.76. The van der Waals surface area contributed by atoms with Gasteiger partial charge in [0.1, 0.15) is 5.41 Å². The van der Waals surface area contributed by atoms with E-state index in [1.807, 2.05) is 24.3 Å². The number of hydroxylamine groups is 2. The number of carbonyl (C=O) groups is 4. The number of nitrogens with zero attached hydrogens (tertiary/aromatic N) is 2. The van der Waals surface area contributed by atoms with Gasteiger partial charge in [-0.2, -0.15) is 0 Å². The maximum absolute atomic E-state index is 13.0. The Morgan fingerprint density at radius 1 is 0.821 bits per heavy atom. The topological polar surface area (TPSA) is 84.0 Å². The van der Waals surface area contributed by atoms with Crippen LogP contribution in [0.1, 0.15) is 44.7 Å². The van der Waals surface area contributed by atoms with Crippen LogP contribution in [0, 0.1) is 5.41 Å². The molecule has 1 saturated carbocycles. The fourth-order valence-corrected chi connectivity index (χ4v) is 3.83. The lowest BCUT2D eigenvalue weighted by Crippen LogP contribution is -2.42. The molecule has 3 aliphatic rings. The second-order valence-corrected chi connectivity index (χ2v) is 7.34. The van der Waals surface area contributed by atoms with Gasteiger partial charge in [0.25, 0.3) is 11.8 Å². The highest BCUT2D eigenvalue weighted by atomic mass is 16.7. The highest BCUT2D eigenvalue weighted by Crippen LogP contribution is 2.49. The molecule has 140 valence electrons. The lowest BCUT2D eigenvalue weighted by Gasteiger charge is -2.23. The Labute approximate surface area is 160 Å². The molecule has 0 radical (unpaired) electrons. The third-order valence-electron chi connectivity index (χ3n) is 5.61. The van der Waals surface area contributed by atoms with Gasteiger partial charge in [0.2, 0.25) is 5.91 Å². The molecule has 0 aromatic heterocycles. The minimum atomic E-state index is -1.31. The first kappa shape index (κ1) is 16.7. The Balaban J connectivity index is 1.33. The lowest BCUT2D eigenvalue weighted by molar-refractivity contribution is -0.179. The minimum absolute atomic E-state index is 0.187. The molecule has 0 bridgehead atoms. The van der Waals surface area contributed by atoms with Crippen LogP contribution in [0.25, 0.3) is 0 Å². The predicted octanol–water partition coefficient (Wildman–Crippen LogP) is 2.06. The van der Waals surface area contributed by atoms with Gasteiger partial charge in [-0.05, 0) is 36.1 Å². The molecule has 0 unspecified atom stereocenters. The molecule has 1 fully saturated rings. The molecular formula is C21H16N2O5. The number of imide groups is 1. The van der Waals surface area contributed by atoms with E-state index in [-0.39, 0.29) is 17.0 Å². The van der Waals surface area contributed by atoms with E-state index in [1.165, 1.54) is 12.1 Å². The Bertz CT molecular complexity index is 996. The summed E-state index contributed by atoms with van der Waals surface area (Å²) in [6.45, 7) is 0.883. The van der Waals surface area contributed by atoms with Crippen LogP contribution in [0.2, 0.25) is 0 Å². The number of hydrogen-bond acceptors (Lipinski definition) is 5. The van der Waals surface area contributed by atoms with Gasteiger partial charge < -0.3 is 9.74 Å². The van der Waals surface area contributed by atoms with Crippen molar-refractivity contribution in [3.05, 3.63) is 70.8 Å². The summed E-state index contributed by atoms with van der Waals surface area (Å²) >= 11 is 0. The number of amides is 3. The molecule has 5 rings (SSSR count). The maximum atomic E-state index is 13.0. The lowest BCUT2D eigenvalue weighted by atomic mass is 10.1. The van der Waals surface area contributed by atoms with E-state index in [2.05, 4.69) is 0 Å². The molecule has 2 aromatic carbocycles. The summed E-state index contributed by atoms with van der Waals surface area (Å²) < 4.78 is 0. The Morgan fingerprint density at radius 2 is 1.32 bits per heavy atom. The number of rotatable bonds is 3. The van der Waals surface area contributed by atoms with Crippen LogP contribution in [0.3, 0.4) is 0 Å². The minimum Gasteiger partial charge on any atom is -0.333 e. The van der Waals surface area contributed by atoms with E-state index in [0.29, 0.717) is 31.0 Å². The molecule has 0 saturated heterocycles. The average Bonchev–Trinajstić information content (AvgIpc) is 3.36. The summed E-state index contributed by atoms with van der Waals surface area (Å²) in [7, 11) is 0. The normalized spacial score (nSPS) is 18.7. The molecular weight excluding hydrogens is 360 g/mol. The van der Waals surface area contributed by atoms with Crippen molar-refractivity contribution >= 4 is 23.7 Å². The monoisotopic (exact) mass is 376 g/mol. The van der Waals surface area contributed by atoms with Gasteiger partial charge in [-0.1, -0.05) is 41.5 Å². The zero-order valence-corrected chi connectivity index (χ0v) is 14.9. The van der Waals surface area contributed by atoms with Crippen molar-refractivity contribution < 1.29 is 24.0 Å². The Morgan fingerprint density at radius 3 is 1.82 bits per heavy atom. The van der Waals surface area contributed by atoms with Gasteiger partial charge in [0.05, 0.1) is 11.1 Å². The highest BCUT2D eigenvalue weighted by molar-refractivity contribution is 6.21. The number of carbonyl (C=O) groups excluding carboxylic acids is 4. The van der Waals surface area contributed by atoms with Crippen LogP contribution >= 0.6 is 0 Å². The number of hydrogen-bond donors (Lipinski definition) is 0. The van der Waals surface area contributed by atoms with E-state index >= 15 is 0 Å². The van der Waals surface area contributed by atoms with Gasteiger partial charge in [-0.3, -0.25) is 14.4 Å². The Hall–Kier alpha value is -3.48. The van der Waals surface area contributed by atoms with E-state index in [9.17, 15) is 19.2 Å². The maximum Gasteiger partial charge on any atom is 0.348 e. The molecule has 0 atom stereocenters. The van der Waals surface area contributed by atoms with Crippen LogP contribution in [-0.4, -0.2) is 33.7 Å². The van der Waals surface area contributed by atoms with Crippen LogP contribution in [0.4, 0.5) is 0 Å². The molecule has 0 N–H and O–H groups in total. The molecule has 2 heterocycles. The van der Waals surface area contributed by atoms with E-state index in [1.54, 1.807) is 17.0 Å². The zero-order valence-electron chi connectivity index (χ0n) is 14.9. The van der Waals surface area contributed by atoms with Gasteiger partial charge in [0.15, 0.2) is 0 Å². The van der Waals surface area contributed by atoms with Crippen LogP contribution in [0.15, 0.2) is 48.5 Å². The molecule has 7 nitrogen and oxygen atoms in total. The van der Waals surface area contributed by atoms with Gasteiger partial charge in [0, 0.05) is 13.1 Å². The molecule has 2 aromatic rings. The van der Waals surface area contributed by atoms with Gasteiger partial charge in [-0.25, -0.2) is 4.79 Å². The summed E-state index contributed by atoms with van der Waals surface area (Å²) in [4.78, 5) is 57.4. The van der Waals surface area contributed by atoms with Crippen molar-refractivity contribution in [1.82, 2.24) is 9.96 Å². The second-order valence-electron chi connectivity index (χ2n) is 7.34. The van der Waals surface area contributed by atoms with Gasteiger partial charge >= 0.3 is 5.97 Å². The standard InChI is InChI=1S/C21H16N2O5/c24-17-15-7-3-4-8-16(15)18(25)23(17)28-20(27)21(9-10-21)19(26)22-11-13-5-1-2-6-14(13)12-22/h1-8H,9-12H2. The average molecular weight is 376 g/mol. The van der Waals surface area contributed by atoms with Crippen molar-refractivity contribution in [1.29, 1.82) is 0 Å². The van der Waals surface area contributed by atoms with Crippen molar-refractivity contribution in [3.63, 3.8) is 0 Å². The molecule has 3 amide bonds. The van der Waals surface area contributed by atoms with Crippen molar-refractivity contribution in [2.24, 2.45) is 5.41 Å². The highest BCUT2D eigenvalue weighted by Gasteiger charge is 2.61. The van der Waals surface area contributed by atoms with Crippen LogP contribution in [0.5, 0.6) is 0 Å². The van der Waals surface area contributed by atoms with Crippen molar-refractivity contribution in [3.8, 4) is 0 Å². The largest absolute Gasteiger partial charge is 0.348 e. The van der Waals surface area contributed by atoms with Crippen LogP contribution in [-0.2, 0) is 27.5 Å². The van der Waals surface area contributed by atoms with E-state index in [0.717, 1.165) is 11.1 Å². The smallest absolute Gasteiger partial charge is 0.333 e. The predicted molar refractivity (Wildman–Crippen MR) is 95.4 cm³/mol. The summed E-state index contributed by atoms with van der Waals surface area (Å²) in [6.07, 6.45) is 0.696. The van der Waals surface area contributed by atoms with Gasteiger partial charge in [-0.15, -0.1) is 0 Å². The third kappa shape index (κ3) is 2.29. The summed E-state index contributed by atoms with van der Waals surface area (Å²) in [5.74, 6) is -2.54. The number of fused-ring (bicyclic) bond motifs is 2. The van der Waals surface area contributed by atoms with E-state index in [4.69, 9.17) is 4.84 Å².